The smallest absolute Gasteiger partial charge is 0.249 e. The van der Waals surface area contributed by atoms with Gasteiger partial charge in [-0.15, -0.1) is 0 Å². The van der Waals surface area contributed by atoms with Crippen LogP contribution in [0.5, 0.6) is 5.75 Å². The Bertz CT molecular complexity index is 539. The second kappa shape index (κ2) is 9.96. The molecular formula is C22H35NO3. The fourth-order valence-electron chi connectivity index (χ4n) is 3.29. The molecule has 0 atom stereocenters. The van der Waals surface area contributed by atoms with E-state index in [9.17, 15) is 4.79 Å². The van der Waals surface area contributed by atoms with Crippen LogP contribution >= 0.6 is 0 Å². The summed E-state index contributed by atoms with van der Waals surface area (Å²) in [5, 5.41) is 0. The van der Waals surface area contributed by atoms with Crippen molar-refractivity contribution in [3.63, 3.8) is 0 Å². The average molecular weight is 362 g/mol. The Labute approximate surface area is 158 Å². The molecule has 0 saturated heterocycles. The molecule has 0 radical (unpaired) electrons. The molecule has 1 saturated carbocycles. The lowest BCUT2D eigenvalue weighted by Crippen LogP contribution is -2.36. The van der Waals surface area contributed by atoms with Gasteiger partial charge in [-0.1, -0.05) is 39.8 Å². The van der Waals surface area contributed by atoms with Gasteiger partial charge in [-0.25, -0.2) is 0 Å². The van der Waals surface area contributed by atoms with Gasteiger partial charge in [-0.3, -0.25) is 4.79 Å². The van der Waals surface area contributed by atoms with Gasteiger partial charge < -0.3 is 14.4 Å². The quantitative estimate of drug-likeness (QED) is 0.575. The molecule has 0 spiro atoms. The van der Waals surface area contributed by atoms with E-state index in [-0.39, 0.29) is 18.6 Å². The molecule has 0 unspecified atom stereocenters. The second-order valence-corrected chi connectivity index (χ2v) is 8.29. The molecule has 2 rings (SSSR count). The summed E-state index contributed by atoms with van der Waals surface area (Å²) in [4.78, 5) is 14.8. The Hall–Kier alpha value is -1.55. The first-order valence-electron chi connectivity index (χ1n) is 9.93. The summed E-state index contributed by atoms with van der Waals surface area (Å²) in [7, 11) is 1.66. The van der Waals surface area contributed by atoms with Crippen LogP contribution in [0, 0.1) is 11.8 Å². The van der Waals surface area contributed by atoms with E-state index in [1.54, 1.807) is 7.11 Å². The summed E-state index contributed by atoms with van der Waals surface area (Å²) < 4.78 is 11.3. The SMILES string of the molecule is COc1ccc(CN(C(=O)COC(CC(C)C)CC(C)C)C2CC2)cc1. The highest BCUT2D eigenvalue weighted by Gasteiger charge is 2.32. The van der Waals surface area contributed by atoms with Crippen LogP contribution in [-0.2, 0) is 16.1 Å². The van der Waals surface area contributed by atoms with Crippen LogP contribution in [0.4, 0.5) is 0 Å². The Kier molecular flexibility index (Phi) is 7.95. The number of benzene rings is 1. The van der Waals surface area contributed by atoms with E-state index in [1.807, 2.05) is 29.2 Å². The number of methoxy groups -OCH3 is 1. The number of ether oxygens (including phenoxy) is 2. The standard InChI is InChI=1S/C22H35NO3/c1-16(2)12-21(13-17(3)4)26-15-22(24)23(19-8-9-19)14-18-6-10-20(25-5)11-7-18/h6-7,10-11,16-17,19,21H,8-9,12-15H2,1-5H3. The molecule has 1 aromatic rings. The summed E-state index contributed by atoms with van der Waals surface area (Å²) in [6, 6.07) is 8.33. The van der Waals surface area contributed by atoms with E-state index in [0.29, 0.717) is 24.4 Å². The Balaban J connectivity index is 1.92. The molecule has 0 heterocycles. The van der Waals surface area contributed by atoms with Gasteiger partial charge in [0.1, 0.15) is 12.4 Å². The van der Waals surface area contributed by atoms with E-state index < -0.39 is 0 Å². The van der Waals surface area contributed by atoms with E-state index in [1.165, 1.54) is 0 Å². The third-order valence-corrected chi connectivity index (χ3v) is 4.73. The molecule has 0 aromatic heterocycles. The molecular weight excluding hydrogens is 326 g/mol. The number of rotatable bonds is 11. The lowest BCUT2D eigenvalue weighted by atomic mass is 9.98. The van der Waals surface area contributed by atoms with Crippen molar-refractivity contribution in [3.8, 4) is 5.75 Å². The van der Waals surface area contributed by atoms with Gasteiger partial charge in [0.05, 0.1) is 13.2 Å². The first-order chi connectivity index (χ1) is 12.4. The molecule has 1 fully saturated rings. The molecule has 4 heteroatoms. The maximum absolute atomic E-state index is 12.8. The van der Waals surface area contributed by atoms with Crippen LogP contribution < -0.4 is 4.74 Å². The van der Waals surface area contributed by atoms with Crippen LogP contribution in [0.25, 0.3) is 0 Å². The minimum absolute atomic E-state index is 0.112. The lowest BCUT2D eigenvalue weighted by Gasteiger charge is -2.26. The highest BCUT2D eigenvalue weighted by atomic mass is 16.5. The van der Waals surface area contributed by atoms with Gasteiger partial charge in [-0.2, -0.15) is 0 Å². The van der Waals surface area contributed by atoms with Gasteiger partial charge in [-0.05, 0) is 55.2 Å². The monoisotopic (exact) mass is 361 g/mol. The zero-order valence-corrected chi connectivity index (χ0v) is 17.0. The van der Waals surface area contributed by atoms with Crippen molar-refractivity contribution in [3.05, 3.63) is 29.8 Å². The van der Waals surface area contributed by atoms with Crippen LogP contribution in [0.3, 0.4) is 0 Å². The third-order valence-electron chi connectivity index (χ3n) is 4.73. The van der Waals surface area contributed by atoms with Gasteiger partial charge >= 0.3 is 0 Å². The average Bonchev–Trinajstić information content (AvgIpc) is 3.41. The van der Waals surface area contributed by atoms with Crippen molar-refractivity contribution in [2.45, 2.75) is 72.1 Å². The third kappa shape index (κ3) is 6.99. The molecule has 1 aliphatic rings. The van der Waals surface area contributed by atoms with Crippen molar-refractivity contribution < 1.29 is 14.3 Å². The first-order valence-corrected chi connectivity index (χ1v) is 9.93. The van der Waals surface area contributed by atoms with E-state index in [4.69, 9.17) is 9.47 Å². The van der Waals surface area contributed by atoms with Crippen molar-refractivity contribution >= 4 is 5.91 Å². The molecule has 0 N–H and O–H groups in total. The molecule has 26 heavy (non-hydrogen) atoms. The van der Waals surface area contributed by atoms with E-state index in [2.05, 4.69) is 27.7 Å². The van der Waals surface area contributed by atoms with Crippen LogP contribution in [0.15, 0.2) is 24.3 Å². The zero-order chi connectivity index (χ0) is 19.1. The van der Waals surface area contributed by atoms with E-state index >= 15 is 0 Å². The van der Waals surface area contributed by atoms with Crippen molar-refractivity contribution in [2.24, 2.45) is 11.8 Å². The van der Waals surface area contributed by atoms with Gasteiger partial charge in [0, 0.05) is 12.6 Å². The van der Waals surface area contributed by atoms with Crippen LogP contribution in [0.1, 0.15) is 58.9 Å². The topological polar surface area (TPSA) is 38.8 Å². The lowest BCUT2D eigenvalue weighted by molar-refractivity contribution is -0.140. The number of carbonyl (C=O) groups is 1. The highest BCUT2D eigenvalue weighted by molar-refractivity contribution is 5.78. The fraction of sp³-hybridized carbons (Fsp3) is 0.682. The molecule has 0 aliphatic heterocycles. The Morgan fingerprint density at radius 2 is 1.65 bits per heavy atom. The van der Waals surface area contributed by atoms with Crippen molar-refractivity contribution in [2.75, 3.05) is 13.7 Å². The number of nitrogens with zero attached hydrogens (tertiary/aromatic N) is 1. The highest BCUT2D eigenvalue weighted by Crippen LogP contribution is 2.29. The number of amides is 1. The Morgan fingerprint density at radius 3 is 2.12 bits per heavy atom. The van der Waals surface area contributed by atoms with Gasteiger partial charge in [0.15, 0.2) is 0 Å². The van der Waals surface area contributed by atoms with Gasteiger partial charge in [0.25, 0.3) is 0 Å². The minimum atomic E-state index is 0.112. The van der Waals surface area contributed by atoms with Crippen molar-refractivity contribution in [1.82, 2.24) is 4.90 Å². The molecule has 1 aliphatic carbocycles. The Morgan fingerprint density at radius 1 is 1.08 bits per heavy atom. The largest absolute Gasteiger partial charge is 0.497 e. The summed E-state index contributed by atoms with van der Waals surface area (Å²) in [5.41, 5.74) is 1.13. The summed E-state index contributed by atoms with van der Waals surface area (Å²) in [5.74, 6) is 2.10. The normalized spacial score (nSPS) is 14.3. The van der Waals surface area contributed by atoms with Crippen molar-refractivity contribution in [1.29, 1.82) is 0 Å². The predicted octanol–water partition coefficient (Wildman–Crippen LogP) is 4.66. The van der Waals surface area contributed by atoms with Gasteiger partial charge in [0.2, 0.25) is 5.91 Å². The number of carbonyl (C=O) groups excluding carboxylic acids is 1. The molecule has 1 aromatic carbocycles. The molecule has 4 nitrogen and oxygen atoms in total. The second-order valence-electron chi connectivity index (χ2n) is 8.29. The minimum Gasteiger partial charge on any atom is -0.497 e. The molecule has 146 valence electrons. The maximum Gasteiger partial charge on any atom is 0.249 e. The number of hydrogen-bond acceptors (Lipinski definition) is 3. The summed E-state index contributed by atoms with van der Waals surface area (Å²) in [6.07, 6.45) is 4.38. The predicted molar refractivity (Wildman–Crippen MR) is 105 cm³/mol. The molecule has 0 bridgehead atoms. The van der Waals surface area contributed by atoms with E-state index in [0.717, 1.165) is 37.0 Å². The van der Waals surface area contributed by atoms with Crippen LogP contribution in [0.2, 0.25) is 0 Å². The zero-order valence-electron chi connectivity index (χ0n) is 17.0. The fourth-order valence-corrected chi connectivity index (χ4v) is 3.29. The maximum atomic E-state index is 12.8. The molecule has 1 amide bonds. The summed E-state index contributed by atoms with van der Waals surface area (Å²) >= 11 is 0. The number of hydrogen-bond donors (Lipinski definition) is 0. The van der Waals surface area contributed by atoms with Crippen LogP contribution in [-0.4, -0.2) is 36.7 Å². The first kappa shape index (κ1) is 20.8. The summed E-state index contributed by atoms with van der Waals surface area (Å²) in [6.45, 7) is 9.67.